The molecule has 0 amide bonds. The van der Waals surface area contributed by atoms with Crippen LogP contribution in [-0.4, -0.2) is 55.4 Å². The van der Waals surface area contributed by atoms with Crippen LogP contribution in [0.2, 0.25) is 0 Å². The van der Waals surface area contributed by atoms with E-state index >= 15 is 0 Å². The molecule has 1 atom stereocenters. The lowest BCUT2D eigenvalue weighted by molar-refractivity contribution is -0.153. The highest BCUT2D eigenvalue weighted by molar-refractivity contribution is 7.89. The van der Waals surface area contributed by atoms with Gasteiger partial charge in [0.1, 0.15) is 11.6 Å². The Kier molecular flexibility index (Phi) is 5.09. The normalized spacial score (nSPS) is 20.0. The number of benzene rings is 1. The standard InChI is InChI=1S/C13H15F2NO5S/c14-10-2-1-3-11(15)9(10)4-7-22(19,20)16-5-6-21-12(8-16)13(17)18/h1-3,12H,4-8H2,(H,17,18). The Balaban J connectivity index is 2.06. The summed E-state index contributed by atoms with van der Waals surface area (Å²) >= 11 is 0. The molecule has 6 nitrogen and oxygen atoms in total. The van der Waals surface area contributed by atoms with Gasteiger partial charge in [0.2, 0.25) is 10.0 Å². The molecule has 0 aliphatic carbocycles. The molecular formula is C13H15F2NO5S. The fraction of sp³-hybridized carbons (Fsp3) is 0.462. The van der Waals surface area contributed by atoms with Crippen LogP contribution in [0.1, 0.15) is 5.56 Å². The van der Waals surface area contributed by atoms with Crippen molar-refractivity contribution >= 4 is 16.0 Å². The summed E-state index contributed by atoms with van der Waals surface area (Å²) in [6, 6.07) is 3.31. The van der Waals surface area contributed by atoms with Crippen molar-refractivity contribution in [2.24, 2.45) is 0 Å². The fourth-order valence-electron chi connectivity index (χ4n) is 2.16. The fourth-order valence-corrected chi connectivity index (χ4v) is 3.59. The second kappa shape index (κ2) is 6.67. The van der Waals surface area contributed by atoms with Crippen molar-refractivity contribution in [2.75, 3.05) is 25.4 Å². The number of carboxylic acids is 1. The van der Waals surface area contributed by atoms with Gasteiger partial charge in [0.05, 0.1) is 18.9 Å². The monoisotopic (exact) mass is 335 g/mol. The third kappa shape index (κ3) is 3.79. The molecule has 0 saturated carbocycles. The van der Waals surface area contributed by atoms with Crippen LogP contribution in [0.3, 0.4) is 0 Å². The van der Waals surface area contributed by atoms with Crippen molar-refractivity contribution in [3.05, 3.63) is 35.4 Å². The van der Waals surface area contributed by atoms with Gasteiger partial charge in [-0.15, -0.1) is 0 Å². The van der Waals surface area contributed by atoms with E-state index in [4.69, 9.17) is 9.84 Å². The smallest absolute Gasteiger partial charge is 0.334 e. The van der Waals surface area contributed by atoms with Gasteiger partial charge in [-0.3, -0.25) is 0 Å². The van der Waals surface area contributed by atoms with Crippen molar-refractivity contribution in [1.82, 2.24) is 4.31 Å². The van der Waals surface area contributed by atoms with Crippen molar-refractivity contribution < 1.29 is 31.8 Å². The zero-order valence-electron chi connectivity index (χ0n) is 11.5. The number of rotatable bonds is 5. The number of hydrogen-bond donors (Lipinski definition) is 1. The molecule has 9 heteroatoms. The average Bonchev–Trinajstić information content (AvgIpc) is 2.47. The van der Waals surface area contributed by atoms with Crippen LogP contribution >= 0.6 is 0 Å². The summed E-state index contributed by atoms with van der Waals surface area (Å²) < 4.78 is 57.3. The molecule has 0 radical (unpaired) electrons. The van der Waals surface area contributed by atoms with E-state index in [2.05, 4.69) is 0 Å². The van der Waals surface area contributed by atoms with E-state index in [1.54, 1.807) is 0 Å². The Hall–Kier alpha value is -1.58. The van der Waals surface area contributed by atoms with E-state index in [-0.39, 0.29) is 31.7 Å². The number of carboxylic acid groups (broad SMARTS) is 1. The quantitative estimate of drug-likeness (QED) is 0.853. The summed E-state index contributed by atoms with van der Waals surface area (Å²) in [4.78, 5) is 10.8. The summed E-state index contributed by atoms with van der Waals surface area (Å²) in [6.07, 6.45) is -1.55. The zero-order chi connectivity index (χ0) is 16.3. The zero-order valence-corrected chi connectivity index (χ0v) is 12.4. The molecule has 1 aromatic carbocycles. The maximum Gasteiger partial charge on any atom is 0.334 e. The van der Waals surface area contributed by atoms with Crippen LogP contribution in [0.4, 0.5) is 8.78 Å². The van der Waals surface area contributed by atoms with Crippen LogP contribution in [0.25, 0.3) is 0 Å². The molecule has 1 aliphatic rings. The van der Waals surface area contributed by atoms with Crippen LogP contribution in [0, 0.1) is 11.6 Å². The first-order valence-electron chi connectivity index (χ1n) is 6.56. The molecule has 1 heterocycles. The minimum Gasteiger partial charge on any atom is -0.479 e. The molecule has 0 bridgehead atoms. The third-order valence-corrected chi connectivity index (χ3v) is 5.21. The maximum absolute atomic E-state index is 13.5. The Labute approximate surface area is 126 Å². The first-order valence-corrected chi connectivity index (χ1v) is 8.17. The number of hydrogen-bond acceptors (Lipinski definition) is 4. The minimum atomic E-state index is -3.82. The number of aliphatic carboxylic acids is 1. The Morgan fingerprint density at radius 3 is 2.59 bits per heavy atom. The molecule has 122 valence electrons. The largest absolute Gasteiger partial charge is 0.479 e. The van der Waals surface area contributed by atoms with Gasteiger partial charge in [-0.25, -0.2) is 22.0 Å². The Morgan fingerprint density at radius 1 is 1.36 bits per heavy atom. The molecule has 1 aliphatic heterocycles. The first-order chi connectivity index (χ1) is 10.3. The van der Waals surface area contributed by atoms with Crippen LogP contribution in [-0.2, 0) is 26.0 Å². The highest BCUT2D eigenvalue weighted by atomic mass is 32.2. The van der Waals surface area contributed by atoms with Gasteiger partial charge in [0, 0.05) is 12.1 Å². The lowest BCUT2D eigenvalue weighted by Gasteiger charge is -2.30. The predicted molar refractivity (Wildman–Crippen MR) is 72.8 cm³/mol. The molecule has 1 aromatic rings. The molecule has 0 spiro atoms. The van der Waals surface area contributed by atoms with E-state index in [1.807, 2.05) is 0 Å². The Bertz CT molecular complexity index is 644. The van der Waals surface area contributed by atoms with Crippen molar-refractivity contribution in [3.63, 3.8) is 0 Å². The number of morpholine rings is 1. The van der Waals surface area contributed by atoms with E-state index in [1.165, 1.54) is 6.07 Å². The van der Waals surface area contributed by atoms with Crippen LogP contribution in [0.5, 0.6) is 0 Å². The average molecular weight is 335 g/mol. The molecular weight excluding hydrogens is 320 g/mol. The summed E-state index contributed by atoms with van der Waals surface area (Å²) in [5.74, 6) is -3.36. The van der Waals surface area contributed by atoms with Gasteiger partial charge < -0.3 is 9.84 Å². The topological polar surface area (TPSA) is 83.9 Å². The van der Waals surface area contributed by atoms with Gasteiger partial charge in [-0.05, 0) is 18.6 Å². The third-order valence-electron chi connectivity index (χ3n) is 3.37. The summed E-state index contributed by atoms with van der Waals surface area (Å²) in [5, 5.41) is 8.86. The van der Waals surface area contributed by atoms with Crippen molar-refractivity contribution in [3.8, 4) is 0 Å². The van der Waals surface area contributed by atoms with E-state index in [9.17, 15) is 22.0 Å². The maximum atomic E-state index is 13.5. The number of sulfonamides is 1. The van der Waals surface area contributed by atoms with Crippen molar-refractivity contribution in [1.29, 1.82) is 0 Å². The lowest BCUT2D eigenvalue weighted by Crippen LogP contribution is -2.49. The molecule has 2 rings (SSSR count). The number of carbonyl (C=O) groups is 1. The molecule has 22 heavy (non-hydrogen) atoms. The van der Waals surface area contributed by atoms with Crippen LogP contribution in [0.15, 0.2) is 18.2 Å². The molecule has 1 unspecified atom stereocenters. The van der Waals surface area contributed by atoms with Gasteiger partial charge in [-0.1, -0.05) is 6.07 Å². The summed E-state index contributed by atoms with van der Waals surface area (Å²) in [6.45, 7) is -0.326. The van der Waals surface area contributed by atoms with Gasteiger partial charge in [-0.2, -0.15) is 4.31 Å². The number of nitrogens with zero attached hydrogens (tertiary/aromatic N) is 1. The highest BCUT2D eigenvalue weighted by Gasteiger charge is 2.33. The predicted octanol–water partition coefficient (Wildman–Crippen LogP) is 0.623. The molecule has 1 N–H and O–H groups in total. The van der Waals surface area contributed by atoms with E-state index in [0.29, 0.717) is 0 Å². The van der Waals surface area contributed by atoms with E-state index < -0.39 is 39.5 Å². The highest BCUT2D eigenvalue weighted by Crippen LogP contribution is 2.16. The Morgan fingerprint density at radius 2 is 2.00 bits per heavy atom. The van der Waals surface area contributed by atoms with Crippen molar-refractivity contribution in [2.45, 2.75) is 12.5 Å². The van der Waals surface area contributed by atoms with E-state index in [0.717, 1.165) is 16.4 Å². The van der Waals surface area contributed by atoms with Crippen LogP contribution < -0.4 is 0 Å². The van der Waals surface area contributed by atoms with Gasteiger partial charge in [0.15, 0.2) is 6.10 Å². The lowest BCUT2D eigenvalue weighted by atomic mass is 10.1. The molecule has 0 aromatic heterocycles. The second-order valence-corrected chi connectivity index (χ2v) is 6.91. The second-order valence-electron chi connectivity index (χ2n) is 4.82. The summed E-state index contributed by atoms with van der Waals surface area (Å²) in [5.41, 5.74) is -0.297. The van der Waals surface area contributed by atoms with Gasteiger partial charge >= 0.3 is 5.97 Å². The number of halogens is 2. The summed E-state index contributed by atoms with van der Waals surface area (Å²) in [7, 11) is -3.82. The van der Waals surface area contributed by atoms with Gasteiger partial charge in [0.25, 0.3) is 0 Å². The molecule has 1 saturated heterocycles. The SMILES string of the molecule is O=C(O)C1CN(S(=O)(=O)CCc2c(F)cccc2F)CCO1. The number of ether oxygens (including phenoxy) is 1. The first kappa shape index (κ1) is 16.8. The minimum absolute atomic E-state index is 0.0197. The molecule has 1 fully saturated rings.